The van der Waals surface area contributed by atoms with Crippen molar-refractivity contribution in [3.05, 3.63) is 72.6 Å². The molecule has 2 amide bonds. The van der Waals surface area contributed by atoms with Gasteiger partial charge in [0.05, 0.1) is 41.4 Å². The van der Waals surface area contributed by atoms with Crippen LogP contribution in [0.4, 0.5) is 0 Å². The van der Waals surface area contributed by atoms with E-state index in [1.54, 1.807) is 13.2 Å². The van der Waals surface area contributed by atoms with Crippen molar-refractivity contribution in [1.29, 1.82) is 0 Å². The lowest BCUT2D eigenvalue weighted by molar-refractivity contribution is -0.128. The van der Waals surface area contributed by atoms with Crippen molar-refractivity contribution in [2.75, 3.05) is 7.05 Å². The van der Waals surface area contributed by atoms with E-state index in [2.05, 4.69) is 126 Å². The molecule has 2 atom stereocenters. The molecule has 2 aromatic carbocycles. The Morgan fingerprint density at radius 2 is 1.09 bits per heavy atom. The largest absolute Gasteiger partial charge is 0.348 e. The van der Waals surface area contributed by atoms with Crippen molar-refractivity contribution in [2.45, 2.75) is 73.0 Å². The van der Waals surface area contributed by atoms with E-state index in [0.29, 0.717) is 0 Å². The van der Waals surface area contributed by atoms with Crippen LogP contribution in [0.25, 0.3) is 33.6 Å². The Morgan fingerprint density at radius 3 is 1.47 bits per heavy atom. The molecule has 0 aliphatic carbocycles. The third-order valence-corrected chi connectivity index (χ3v) is 7.90. The molecule has 0 aliphatic rings. The van der Waals surface area contributed by atoms with Crippen molar-refractivity contribution in [2.24, 2.45) is 10.8 Å². The van der Waals surface area contributed by atoms with Crippen molar-refractivity contribution in [1.82, 2.24) is 35.9 Å². The van der Waals surface area contributed by atoms with Crippen LogP contribution in [0.1, 0.15) is 79.1 Å². The lowest BCUT2D eigenvalue weighted by Gasteiger charge is -2.33. The maximum atomic E-state index is 12.9. The maximum absolute atomic E-state index is 12.9. The van der Waals surface area contributed by atoms with E-state index >= 15 is 0 Å². The van der Waals surface area contributed by atoms with Crippen LogP contribution in [-0.4, -0.2) is 44.8 Å². The number of hydrogen-bond donors (Lipinski definition) is 5. The summed E-state index contributed by atoms with van der Waals surface area (Å²) < 4.78 is 0. The first-order valence-corrected chi connectivity index (χ1v) is 14.6. The second-order valence-corrected chi connectivity index (χ2v) is 13.7. The monoisotopic (exact) mass is 583 g/mol. The molecule has 2 unspecified atom stereocenters. The van der Waals surface area contributed by atoms with Gasteiger partial charge in [-0.1, -0.05) is 90.1 Å². The zero-order valence-electron chi connectivity index (χ0n) is 26.7. The quantitative estimate of drug-likeness (QED) is 0.143. The van der Waals surface area contributed by atoms with E-state index in [-0.39, 0.29) is 28.8 Å². The number of aromatic nitrogens is 4. The van der Waals surface area contributed by atoms with Gasteiger partial charge in [-0.3, -0.25) is 9.59 Å². The van der Waals surface area contributed by atoms with Crippen LogP contribution in [0.3, 0.4) is 0 Å². The molecule has 2 aromatic heterocycles. The zero-order valence-corrected chi connectivity index (χ0v) is 26.7. The number of aromatic amines is 2. The van der Waals surface area contributed by atoms with Gasteiger partial charge in [-0.05, 0) is 54.0 Å². The Labute approximate surface area is 254 Å². The number of carbonyl (C=O) groups excluding carboxylic acids is 2. The Kier molecular flexibility index (Phi) is 8.97. The third-order valence-electron chi connectivity index (χ3n) is 7.90. The second kappa shape index (κ2) is 12.2. The first-order valence-electron chi connectivity index (χ1n) is 14.6. The average Bonchev–Trinajstić information content (AvgIpc) is 3.64. The summed E-state index contributed by atoms with van der Waals surface area (Å²) in [5.41, 5.74) is 4.88. The van der Waals surface area contributed by atoms with E-state index in [4.69, 9.17) is 0 Å². The fraction of sp³-hybridized carbons (Fsp3) is 0.412. The number of carbonyl (C=O) groups is 2. The minimum Gasteiger partial charge on any atom is -0.348 e. The lowest BCUT2D eigenvalue weighted by Crippen LogP contribution is -2.53. The Hall–Kier alpha value is -4.24. The maximum Gasteiger partial charge on any atom is 0.240 e. The molecular formula is C34H45N7O2. The topological polar surface area (TPSA) is 128 Å². The van der Waals surface area contributed by atoms with Crippen LogP contribution in [0, 0.1) is 10.8 Å². The highest BCUT2D eigenvalue weighted by molar-refractivity contribution is 5.85. The van der Waals surface area contributed by atoms with E-state index in [1.807, 2.05) is 20.0 Å². The number of rotatable bonds is 10. The van der Waals surface area contributed by atoms with Gasteiger partial charge in [-0.2, -0.15) is 0 Å². The predicted molar refractivity (Wildman–Crippen MR) is 172 cm³/mol. The average molecular weight is 584 g/mol. The number of hydrogen-bond acceptors (Lipinski definition) is 5. The van der Waals surface area contributed by atoms with Crippen LogP contribution in [-0.2, 0) is 9.59 Å². The summed E-state index contributed by atoms with van der Waals surface area (Å²) in [6.07, 6.45) is 4.35. The third kappa shape index (κ3) is 7.22. The Bertz CT molecular complexity index is 1540. The van der Waals surface area contributed by atoms with Crippen LogP contribution in [0.5, 0.6) is 0 Å². The fourth-order valence-electron chi connectivity index (χ4n) is 4.87. The lowest BCUT2D eigenvalue weighted by atomic mass is 9.85. The van der Waals surface area contributed by atoms with Crippen molar-refractivity contribution < 1.29 is 9.59 Å². The number of amides is 2. The van der Waals surface area contributed by atoms with Gasteiger partial charge >= 0.3 is 0 Å². The zero-order chi connectivity index (χ0) is 31.6. The highest BCUT2D eigenvalue weighted by Gasteiger charge is 2.35. The second-order valence-electron chi connectivity index (χ2n) is 13.7. The number of likely N-dealkylation sites (N-methyl/N-ethyl adjacent to an activating group) is 1. The summed E-state index contributed by atoms with van der Waals surface area (Å²) in [5, 5.41) is 9.12. The molecule has 0 spiro atoms. The molecule has 0 saturated heterocycles. The molecule has 9 heteroatoms. The van der Waals surface area contributed by atoms with E-state index in [1.165, 1.54) is 0 Å². The smallest absolute Gasteiger partial charge is 0.240 e. The summed E-state index contributed by atoms with van der Waals surface area (Å²) >= 11 is 0. The van der Waals surface area contributed by atoms with Crippen molar-refractivity contribution >= 4 is 12.3 Å². The molecule has 0 radical (unpaired) electrons. The normalized spacial score (nSPS) is 13.8. The van der Waals surface area contributed by atoms with Gasteiger partial charge in [0.1, 0.15) is 11.6 Å². The summed E-state index contributed by atoms with van der Waals surface area (Å²) in [5.74, 6) is 1.37. The first kappa shape index (κ1) is 31.7. The molecular weight excluding hydrogens is 538 g/mol. The van der Waals surface area contributed by atoms with E-state index in [0.717, 1.165) is 51.7 Å². The highest BCUT2D eigenvalue weighted by atomic mass is 16.2. The van der Waals surface area contributed by atoms with Gasteiger partial charge in [0, 0.05) is 0 Å². The van der Waals surface area contributed by atoms with E-state index < -0.39 is 5.54 Å². The molecule has 9 nitrogen and oxygen atoms in total. The molecule has 4 rings (SSSR count). The number of nitrogens with zero attached hydrogens (tertiary/aromatic N) is 2. The molecule has 43 heavy (non-hydrogen) atoms. The first-order chi connectivity index (χ1) is 20.1. The van der Waals surface area contributed by atoms with Gasteiger partial charge in [0.2, 0.25) is 12.3 Å². The highest BCUT2D eigenvalue weighted by Crippen LogP contribution is 2.34. The van der Waals surface area contributed by atoms with Crippen LogP contribution in [0.2, 0.25) is 0 Å². The molecule has 0 fully saturated rings. The van der Waals surface area contributed by atoms with E-state index in [9.17, 15) is 9.59 Å². The van der Waals surface area contributed by atoms with Crippen molar-refractivity contribution in [3.8, 4) is 33.6 Å². The standard InChI is InChI=1S/C34H45N7O2/c1-32(2,3)27(38-20-42)29-36-18-25(39-29)23-14-10-21(11-15-23)22-12-16-24(17-13-22)26-19-37-30(40-26)28(33(4,5)6)41-31(43)34(7,8)35-9/h10-20,27-28,35H,1-9H3,(H,36,39)(H,37,40)(H,38,42)(H,41,43). The van der Waals surface area contributed by atoms with Crippen molar-refractivity contribution in [3.63, 3.8) is 0 Å². The van der Waals surface area contributed by atoms with Gasteiger partial charge in [-0.15, -0.1) is 0 Å². The molecule has 4 aromatic rings. The summed E-state index contributed by atoms with van der Waals surface area (Å²) in [6.45, 7) is 16.2. The fourth-order valence-corrected chi connectivity index (χ4v) is 4.87. The molecule has 0 saturated carbocycles. The number of benzene rings is 2. The number of imidazole rings is 2. The number of nitrogens with one attached hydrogen (secondary N) is 5. The van der Waals surface area contributed by atoms with Gasteiger partial charge in [0.25, 0.3) is 0 Å². The Morgan fingerprint density at radius 1 is 0.698 bits per heavy atom. The SMILES string of the molecule is CNC(C)(C)C(=O)NC(c1ncc(-c2ccc(-c3ccc(-c4cnc(C(NC=O)C(C)(C)C)[nH]4)cc3)cc2)[nH]1)C(C)(C)C. The van der Waals surface area contributed by atoms with Gasteiger partial charge in [0.15, 0.2) is 0 Å². The summed E-state index contributed by atoms with van der Waals surface area (Å²) in [6, 6.07) is 16.1. The molecule has 5 N–H and O–H groups in total. The summed E-state index contributed by atoms with van der Waals surface area (Å²) in [4.78, 5) is 40.1. The van der Waals surface area contributed by atoms with Gasteiger partial charge in [-0.25, -0.2) is 9.97 Å². The summed E-state index contributed by atoms with van der Waals surface area (Å²) in [7, 11) is 1.78. The molecule has 0 bridgehead atoms. The van der Waals surface area contributed by atoms with Gasteiger partial charge < -0.3 is 25.9 Å². The minimum absolute atomic E-state index is 0.0831. The Balaban J connectivity index is 1.50. The molecule has 2 heterocycles. The molecule has 0 aliphatic heterocycles. The minimum atomic E-state index is -0.696. The van der Waals surface area contributed by atoms with Crippen LogP contribution >= 0.6 is 0 Å². The number of H-pyrrole nitrogens is 2. The predicted octanol–water partition coefficient (Wildman–Crippen LogP) is 6.17. The molecule has 228 valence electrons. The van der Waals surface area contributed by atoms with Crippen LogP contribution in [0.15, 0.2) is 60.9 Å². The van der Waals surface area contributed by atoms with Crippen LogP contribution < -0.4 is 16.0 Å².